The largest absolute Gasteiger partial charge is 0.377 e. The third-order valence-corrected chi connectivity index (χ3v) is 3.76. The highest BCUT2D eigenvalue weighted by Crippen LogP contribution is 2.24. The van der Waals surface area contributed by atoms with Gasteiger partial charge in [-0.15, -0.1) is 0 Å². The molecule has 1 rings (SSSR count). The minimum Gasteiger partial charge on any atom is -0.377 e. The molecule has 1 aliphatic rings. The van der Waals surface area contributed by atoms with Gasteiger partial charge in [-0.1, -0.05) is 39.5 Å². The maximum absolute atomic E-state index is 5.71. The predicted octanol–water partition coefficient (Wildman–Crippen LogP) is 2.60. The van der Waals surface area contributed by atoms with Gasteiger partial charge in [0.25, 0.3) is 0 Å². The molecule has 0 aliphatic carbocycles. The molecule has 3 atom stereocenters. The van der Waals surface area contributed by atoms with Crippen LogP contribution in [0.3, 0.4) is 0 Å². The van der Waals surface area contributed by atoms with E-state index in [9.17, 15) is 0 Å². The van der Waals surface area contributed by atoms with Gasteiger partial charge in [-0.3, -0.25) is 11.3 Å². The molecule has 3 N–H and O–H groups in total. The molecule has 0 aromatic carbocycles. The first-order valence-electron chi connectivity index (χ1n) is 6.89. The van der Waals surface area contributed by atoms with E-state index in [2.05, 4.69) is 19.3 Å². The van der Waals surface area contributed by atoms with Gasteiger partial charge in [0.05, 0.1) is 6.10 Å². The summed E-state index contributed by atoms with van der Waals surface area (Å²) in [6.07, 6.45) is 9.08. The summed E-state index contributed by atoms with van der Waals surface area (Å²) in [7, 11) is 0. The summed E-state index contributed by atoms with van der Waals surface area (Å²) in [6.45, 7) is 5.45. The van der Waals surface area contributed by atoms with Crippen LogP contribution in [0.4, 0.5) is 0 Å². The normalized spacial score (nSPS) is 24.6. The Morgan fingerprint density at radius 2 is 2.25 bits per heavy atom. The van der Waals surface area contributed by atoms with Gasteiger partial charge in [0.1, 0.15) is 0 Å². The third kappa shape index (κ3) is 4.40. The van der Waals surface area contributed by atoms with E-state index in [0.29, 0.717) is 12.1 Å². The van der Waals surface area contributed by atoms with Gasteiger partial charge in [-0.2, -0.15) is 0 Å². The van der Waals surface area contributed by atoms with Crippen LogP contribution in [-0.4, -0.2) is 18.8 Å². The van der Waals surface area contributed by atoms with Crippen molar-refractivity contribution in [2.75, 3.05) is 6.61 Å². The first-order chi connectivity index (χ1) is 7.81. The number of hydrazine groups is 1. The van der Waals surface area contributed by atoms with Gasteiger partial charge in [0.2, 0.25) is 0 Å². The van der Waals surface area contributed by atoms with Crippen LogP contribution in [0.5, 0.6) is 0 Å². The number of ether oxygens (including phenoxy) is 1. The number of nitrogens with one attached hydrogen (secondary N) is 1. The maximum atomic E-state index is 5.71. The van der Waals surface area contributed by atoms with Crippen LogP contribution in [0.1, 0.15) is 58.8 Å². The number of rotatable bonds is 8. The van der Waals surface area contributed by atoms with Crippen molar-refractivity contribution in [2.24, 2.45) is 11.8 Å². The minimum atomic E-state index is 0.348. The zero-order valence-corrected chi connectivity index (χ0v) is 10.9. The Balaban J connectivity index is 2.33. The lowest BCUT2D eigenvalue weighted by atomic mass is 9.89. The number of hydrogen-bond acceptors (Lipinski definition) is 3. The fraction of sp³-hybridized carbons (Fsp3) is 1.00. The average Bonchev–Trinajstić information content (AvgIpc) is 2.83. The van der Waals surface area contributed by atoms with Gasteiger partial charge >= 0.3 is 0 Å². The Morgan fingerprint density at radius 3 is 2.75 bits per heavy atom. The molecule has 16 heavy (non-hydrogen) atoms. The Hall–Kier alpha value is -0.120. The van der Waals surface area contributed by atoms with Crippen molar-refractivity contribution in [3.05, 3.63) is 0 Å². The van der Waals surface area contributed by atoms with Crippen LogP contribution in [0.25, 0.3) is 0 Å². The van der Waals surface area contributed by atoms with Crippen LogP contribution < -0.4 is 11.3 Å². The van der Waals surface area contributed by atoms with Gasteiger partial charge < -0.3 is 4.74 Å². The molecule has 0 radical (unpaired) electrons. The van der Waals surface area contributed by atoms with Gasteiger partial charge in [-0.25, -0.2) is 0 Å². The summed E-state index contributed by atoms with van der Waals surface area (Å²) in [4.78, 5) is 0. The molecular weight excluding hydrogens is 200 g/mol. The van der Waals surface area contributed by atoms with Crippen LogP contribution >= 0.6 is 0 Å². The van der Waals surface area contributed by atoms with Crippen LogP contribution in [0.15, 0.2) is 0 Å². The van der Waals surface area contributed by atoms with Gasteiger partial charge in [0.15, 0.2) is 0 Å². The Labute approximate surface area is 100 Å². The van der Waals surface area contributed by atoms with Crippen LogP contribution in [0.2, 0.25) is 0 Å². The van der Waals surface area contributed by atoms with E-state index in [0.717, 1.165) is 18.9 Å². The second-order valence-electron chi connectivity index (χ2n) is 4.98. The molecule has 1 heterocycles. The molecule has 1 saturated heterocycles. The first kappa shape index (κ1) is 13.9. The standard InChI is InChI=1S/C13H28N2O/c1-3-5-7-11(4-2)10-12(15-14)13-8-6-9-16-13/h11-13,15H,3-10,14H2,1-2H3. The molecule has 0 bridgehead atoms. The molecule has 3 unspecified atom stereocenters. The highest BCUT2D eigenvalue weighted by Gasteiger charge is 2.26. The zero-order valence-electron chi connectivity index (χ0n) is 10.9. The zero-order chi connectivity index (χ0) is 11.8. The van der Waals surface area contributed by atoms with E-state index in [1.54, 1.807) is 0 Å². The summed E-state index contributed by atoms with van der Waals surface area (Å²) < 4.78 is 5.71. The van der Waals surface area contributed by atoms with E-state index in [-0.39, 0.29) is 0 Å². The molecule has 0 saturated carbocycles. The number of unbranched alkanes of at least 4 members (excludes halogenated alkanes) is 1. The van der Waals surface area contributed by atoms with E-state index in [1.807, 2.05) is 0 Å². The predicted molar refractivity (Wildman–Crippen MR) is 68.0 cm³/mol. The summed E-state index contributed by atoms with van der Waals surface area (Å²) in [6, 6.07) is 0.351. The molecule has 3 heteroatoms. The van der Waals surface area contributed by atoms with E-state index < -0.39 is 0 Å². The van der Waals surface area contributed by atoms with Crippen molar-refractivity contribution in [1.29, 1.82) is 0 Å². The lowest BCUT2D eigenvalue weighted by Gasteiger charge is -2.26. The van der Waals surface area contributed by atoms with Crippen molar-refractivity contribution in [3.8, 4) is 0 Å². The molecule has 1 aliphatic heterocycles. The van der Waals surface area contributed by atoms with Crippen LogP contribution in [-0.2, 0) is 4.74 Å². The van der Waals surface area contributed by atoms with Crippen molar-refractivity contribution < 1.29 is 4.74 Å². The summed E-state index contributed by atoms with van der Waals surface area (Å²) >= 11 is 0. The fourth-order valence-electron chi connectivity index (χ4n) is 2.59. The van der Waals surface area contributed by atoms with E-state index >= 15 is 0 Å². The Kier molecular flexibility index (Phi) is 7.01. The SMILES string of the molecule is CCCCC(CC)CC(NN)C1CCCO1. The quantitative estimate of drug-likeness (QED) is 0.496. The van der Waals surface area contributed by atoms with E-state index in [4.69, 9.17) is 10.6 Å². The minimum absolute atomic E-state index is 0.348. The van der Waals surface area contributed by atoms with E-state index in [1.165, 1.54) is 38.5 Å². The van der Waals surface area contributed by atoms with Gasteiger partial charge in [-0.05, 0) is 25.2 Å². The lowest BCUT2D eigenvalue weighted by molar-refractivity contribution is 0.0688. The molecule has 0 aromatic rings. The van der Waals surface area contributed by atoms with Gasteiger partial charge in [0, 0.05) is 12.6 Å². The Morgan fingerprint density at radius 1 is 1.44 bits per heavy atom. The van der Waals surface area contributed by atoms with Crippen molar-refractivity contribution in [1.82, 2.24) is 5.43 Å². The number of nitrogens with two attached hydrogens (primary N) is 1. The summed E-state index contributed by atoms with van der Waals surface area (Å²) in [5.41, 5.74) is 2.96. The van der Waals surface area contributed by atoms with Crippen molar-refractivity contribution in [2.45, 2.75) is 70.9 Å². The smallest absolute Gasteiger partial charge is 0.0742 e. The summed E-state index contributed by atoms with van der Waals surface area (Å²) in [5, 5.41) is 0. The fourth-order valence-corrected chi connectivity index (χ4v) is 2.59. The third-order valence-electron chi connectivity index (χ3n) is 3.76. The van der Waals surface area contributed by atoms with Crippen LogP contribution in [0, 0.1) is 5.92 Å². The lowest BCUT2D eigenvalue weighted by Crippen LogP contribution is -2.44. The second kappa shape index (κ2) is 8.04. The Bertz CT molecular complexity index is 169. The molecule has 3 nitrogen and oxygen atoms in total. The van der Waals surface area contributed by atoms with Crippen molar-refractivity contribution in [3.63, 3.8) is 0 Å². The van der Waals surface area contributed by atoms with Crippen molar-refractivity contribution >= 4 is 0 Å². The molecular formula is C13H28N2O. The molecule has 0 aromatic heterocycles. The average molecular weight is 228 g/mol. The molecule has 0 spiro atoms. The monoisotopic (exact) mass is 228 g/mol. The maximum Gasteiger partial charge on any atom is 0.0742 e. The first-order valence-corrected chi connectivity index (χ1v) is 6.89. The molecule has 1 fully saturated rings. The topological polar surface area (TPSA) is 47.3 Å². The molecule has 96 valence electrons. The number of hydrogen-bond donors (Lipinski definition) is 2. The molecule has 0 amide bonds. The second-order valence-corrected chi connectivity index (χ2v) is 4.98. The highest BCUT2D eigenvalue weighted by molar-refractivity contribution is 4.81. The highest BCUT2D eigenvalue weighted by atomic mass is 16.5. The summed E-state index contributed by atoms with van der Waals surface area (Å²) in [5.74, 6) is 6.45.